The van der Waals surface area contributed by atoms with E-state index < -0.39 is 5.82 Å². The number of hydrogen-bond donors (Lipinski definition) is 1. The monoisotopic (exact) mass is 412 g/mol. The first-order chi connectivity index (χ1) is 12.5. The summed E-state index contributed by atoms with van der Waals surface area (Å²) in [5.41, 5.74) is 8.74. The van der Waals surface area contributed by atoms with Gasteiger partial charge >= 0.3 is 0 Å². The quantitative estimate of drug-likeness (QED) is 0.554. The number of aromatic nitrogens is 5. The Bertz CT molecular complexity index is 1110. The van der Waals surface area contributed by atoms with Gasteiger partial charge < -0.3 is 10.3 Å². The minimum Gasteiger partial charge on any atom is -0.382 e. The van der Waals surface area contributed by atoms with Crippen molar-refractivity contribution in [1.29, 1.82) is 0 Å². The second kappa shape index (κ2) is 6.45. The van der Waals surface area contributed by atoms with Crippen molar-refractivity contribution in [2.75, 3.05) is 5.73 Å². The highest BCUT2D eigenvalue weighted by molar-refractivity contribution is 9.10. The minimum absolute atomic E-state index is 0.299. The standard InChI is InChI=1S/C18H14BrFN6/c1-10-23-16(21)15-18(24-10)26(9-11-2-4-13(19)5-3-11)17(25-15)12-6-14(20)8-22-7-12/h2-8H,9H2,1H3,(H2,21,23,24). The van der Waals surface area contributed by atoms with E-state index in [1.165, 1.54) is 6.07 Å². The number of pyridine rings is 1. The number of hydrogen-bond acceptors (Lipinski definition) is 5. The number of nitrogens with two attached hydrogens (primary N) is 1. The molecule has 0 unspecified atom stereocenters. The summed E-state index contributed by atoms with van der Waals surface area (Å²) in [5, 5.41) is 0. The van der Waals surface area contributed by atoms with Crippen LogP contribution in [0.2, 0.25) is 0 Å². The van der Waals surface area contributed by atoms with E-state index in [1.54, 1.807) is 13.1 Å². The van der Waals surface area contributed by atoms with E-state index in [9.17, 15) is 4.39 Å². The number of imidazole rings is 1. The number of halogens is 2. The highest BCUT2D eigenvalue weighted by Gasteiger charge is 2.18. The third kappa shape index (κ3) is 3.03. The van der Waals surface area contributed by atoms with Crippen molar-refractivity contribution < 1.29 is 4.39 Å². The Labute approximate surface area is 157 Å². The summed E-state index contributed by atoms with van der Waals surface area (Å²) < 4.78 is 16.6. The molecule has 1 aromatic carbocycles. The molecule has 4 aromatic rings. The summed E-state index contributed by atoms with van der Waals surface area (Å²) in [7, 11) is 0. The molecule has 0 atom stereocenters. The molecule has 0 aliphatic rings. The molecule has 0 aliphatic heterocycles. The molecule has 4 rings (SSSR count). The van der Waals surface area contributed by atoms with Crippen LogP contribution in [0, 0.1) is 12.7 Å². The van der Waals surface area contributed by atoms with Crippen LogP contribution in [0.25, 0.3) is 22.6 Å². The van der Waals surface area contributed by atoms with E-state index in [1.807, 2.05) is 28.8 Å². The third-order valence-electron chi connectivity index (χ3n) is 3.95. The lowest BCUT2D eigenvalue weighted by molar-refractivity contribution is 0.621. The third-order valence-corrected chi connectivity index (χ3v) is 4.48. The normalized spacial score (nSPS) is 11.2. The molecule has 0 amide bonds. The first-order valence-corrected chi connectivity index (χ1v) is 8.66. The van der Waals surface area contributed by atoms with Gasteiger partial charge in [0, 0.05) is 16.2 Å². The molecular formula is C18H14BrFN6. The summed E-state index contributed by atoms with van der Waals surface area (Å²) in [5.74, 6) is 0.963. The Balaban J connectivity index is 1.95. The predicted molar refractivity (Wildman–Crippen MR) is 101 cm³/mol. The average Bonchev–Trinajstić information content (AvgIpc) is 2.96. The lowest BCUT2D eigenvalue weighted by atomic mass is 10.2. The molecule has 3 aromatic heterocycles. The largest absolute Gasteiger partial charge is 0.382 e. The molecule has 26 heavy (non-hydrogen) atoms. The number of nitrogen functional groups attached to an aromatic ring is 1. The molecule has 6 nitrogen and oxygen atoms in total. The number of benzene rings is 1. The fraction of sp³-hybridized carbons (Fsp3) is 0.111. The van der Waals surface area contributed by atoms with Crippen LogP contribution >= 0.6 is 15.9 Å². The van der Waals surface area contributed by atoms with Crippen LogP contribution in [0.15, 0.2) is 47.2 Å². The maximum atomic E-state index is 13.7. The van der Waals surface area contributed by atoms with E-state index in [4.69, 9.17) is 5.73 Å². The topological polar surface area (TPSA) is 82.5 Å². The van der Waals surface area contributed by atoms with Gasteiger partial charge in [-0.2, -0.15) is 0 Å². The van der Waals surface area contributed by atoms with Crippen LogP contribution in [-0.4, -0.2) is 24.5 Å². The van der Waals surface area contributed by atoms with E-state index in [2.05, 4.69) is 35.9 Å². The Morgan fingerprint density at radius 3 is 2.62 bits per heavy atom. The Kier molecular flexibility index (Phi) is 4.12. The first-order valence-electron chi connectivity index (χ1n) is 7.87. The Morgan fingerprint density at radius 1 is 1.12 bits per heavy atom. The van der Waals surface area contributed by atoms with Gasteiger partial charge in [-0.3, -0.25) is 4.98 Å². The van der Waals surface area contributed by atoms with Crippen LogP contribution in [0.1, 0.15) is 11.4 Å². The SMILES string of the molecule is Cc1nc(N)c2nc(-c3cncc(F)c3)n(Cc3ccc(Br)cc3)c2n1. The molecule has 0 saturated heterocycles. The first kappa shape index (κ1) is 16.6. The van der Waals surface area contributed by atoms with Gasteiger partial charge in [0.15, 0.2) is 17.0 Å². The van der Waals surface area contributed by atoms with Crippen LogP contribution in [-0.2, 0) is 6.54 Å². The summed E-state index contributed by atoms with van der Waals surface area (Å²) in [6.07, 6.45) is 2.72. The Morgan fingerprint density at radius 2 is 1.88 bits per heavy atom. The number of fused-ring (bicyclic) bond motifs is 1. The van der Waals surface area contributed by atoms with Gasteiger partial charge in [-0.1, -0.05) is 28.1 Å². The number of rotatable bonds is 3. The highest BCUT2D eigenvalue weighted by Crippen LogP contribution is 2.27. The molecule has 0 saturated carbocycles. The summed E-state index contributed by atoms with van der Waals surface area (Å²) >= 11 is 3.44. The molecule has 0 fully saturated rings. The van der Waals surface area contributed by atoms with Crippen LogP contribution < -0.4 is 5.73 Å². The van der Waals surface area contributed by atoms with Gasteiger partial charge in [-0.05, 0) is 30.7 Å². The molecule has 0 spiro atoms. The number of anilines is 1. The second-order valence-corrected chi connectivity index (χ2v) is 6.78. The lowest BCUT2D eigenvalue weighted by Gasteiger charge is -2.09. The van der Waals surface area contributed by atoms with Crippen LogP contribution in [0.4, 0.5) is 10.2 Å². The van der Waals surface area contributed by atoms with Crippen LogP contribution in [0.5, 0.6) is 0 Å². The molecule has 0 bridgehead atoms. The molecule has 2 N–H and O–H groups in total. The van der Waals surface area contributed by atoms with Gasteiger partial charge in [-0.15, -0.1) is 0 Å². The molecule has 8 heteroatoms. The summed E-state index contributed by atoms with van der Waals surface area (Å²) in [6.45, 7) is 2.28. The fourth-order valence-corrected chi connectivity index (χ4v) is 3.08. The highest BCUT2D eigenvalue weighted by atomic mass is 79.9. The maximum Gasteiger partial charge on any atom is 0.166 e. The van der Waals surface area contributed by atoms with Crippen molar-refractivity contribution in [1.82, 2.24) is 24.5 Å². The van der Waals surface area contributed by atoms with Gasteiger partial charge in [0.05, 0.1) is 12.7 Å². The second-order valence-electron chi connectivity index (χ2n) is 5.87. The smallest absolute Gasteiger partial charge is 0.166 e. The summed E-state index contributed by atoms with van der Waals surface area (Å²) in [6, 6.07) is 9.32. The van der Waals surface area contributed by atoms with E-state index >= 15 is 0 Å². The lowest BCUT2D eigenvalue weighted by Crippen LogP contribution is -2.05. The molecular weight excluding hydrogens is 399 g/mol. The van der Waals surface area contributed by atoms with Gasteiger partial charge in [0.25, 0.3) is 0 Å². The van der Waals surface area contributed by atoms with Crippen molar-refractivity contribution in [2.24, 2.45) is 0 Å². The molecule has 0 aliphatic carbocycles. The maximum absolute atomic E-state index is 13.7. The van der Waals surface area contributed by atoms with Crippen LogP contribution in [0.3, 0.4) is 0 Å². The average molecular weight is 413 g/mol. The van der Waals surface area contributed by atoms with E-state index in [-0.39, 0.29) is 0 Å². The van der Waals surface area contributed by atoms with Crippen molar-refractivity contribution in [3.63, 3.8) is 0 Å². The molecule has 3 heterocycles. The fourth-order valence-electron chi connectivity index (χ4n) is 2.81. The summed E-state index contributed by atoms with van der Waals surface area (Å²) in [4.78, 5) is 17.2. The minimum atomic E-state index is -0.431. The van der Waals surface area contributed by atoms with Crippen molar-refractivity contribution in [3.8, 4) is 11.4 Å². The zero-order valence-electron chi connectivity index (χ0n) is 13.8. The number of aryl methyl sites for hydroxylation is 1. The van der Waals surface area contributed by atoms with E-state index in [0.29, 0.717) is 40.7 Å². The zero-order valence-corrected chi connectivity index (χ0v) is 15.4. The van der Waals surface area contributed by atoms with E-state index in [0.717, 1.165) is 16.2 Å². The van der Waals surface area contributed by atoms with Gasteiger partial charge in [0.2, 0.25) is 0 Å². The molecule has 0 radical (unpaired) electrons. The number of nitrogens with zero attached hydrogens (tertiary/aromatic N) is 5. The van der Waals surface area contributed by atoms with Crippen molar-refractivity contribution in [3.05, 3.63) is 64.4 Å². The van der Waals surface area contributed by atoms with Gasteiger partial charge in [-0.25, -0.2) is 19.3 Å². The van der Waals surface area contributed by atoms with Gasteiger partial charge in [0.1, 0.15) is 17.5 Å². The zero-order chi connectivity index (χ0) is 18.3. The van der Waals surface area contributed by atoms with Crippen molar-refractivity contribution in [2.45, 2.75) is 13.5 Å². The van der Waals surface area contributed by atoms with Crippen molar-refractivity contribution >= 4 is 32.9 Å². The predicted octanol–water partition coefficient (Wildman–Crippen LogP) is 3.73. The Hall–Kier alpha value is -2.87. The molecule has 130 valence electrons.